The van der Waals surface area contributed by atoms with Crippen molar-refractivity contribution in [3.63, 3.8) is 0 Å². The van der Waals surface area contributed by atoms with Crippen LogP contribution in [0.5, 0.6) is 0 Å². The maximum atomic E-state index is 14.4. The summed E-state index contributed by atoms with van der Waals surface area (Å²) in [5.41, 5.74) is -1.81. The minimum atomic E-state index is -2.98. The first-order valence-electron chi connectivity index (χ1n) is 20.4. The van der Waals surface area contributed by atoms with E-state index in [1.807, 2.05) is 36.4 Å². The van der Waals surface area contributed by atoms with Crippen molar-refractivity contribution >= 4 is 32.9 Å². The summed E-state index contributed by atoms with van der Waals surface area (Å²) in [6, 6.07) is 21.8. The standard InChI is InChI=1S/C43H57N5O9Si2/c1-26-24-48(41(53)46-37(26)50)33-22-29(57-58(8,9)42(2,3)4)30(55-33)23-44-38(51)35-34-31(56-39(36(34)35)47-21-20-32(49)45-40(47)52)25-54-59(43(5,6)7,27-16-12-10-13-17-27)28-18-14-11-15-19-28/h10-21,24,29-31,33-36,39H,22-23,25H2,1-9H3,(H,44,51)(H,45,49,52)(H,46,50,53)/t29-,30+,31+,33+,34-,35-,36-,39+/m0/s1. The molecule has 2 aromatic heterocycles. The molecule has 4 aromatic rings. The average Bonchev–Trinajstić information content (AvgIpc) is 3.61. The Morgan fingerprint density at radius 3 is 2.00 bits per heavy atom. The highest BCUT2D eigenvalue weighted by Crippen LogP contribution is 2.61. The van der Waals surface area contributed by atoms with E-state index in [1.54, 1.807) is 6.92 Å². The van der Waals surface area contributed by atoms with Crippen LogP contribution in [0, 0.1) is 24.7 Å². The Morgan fingerprint density at radius 1 is 0.814 bits per heavy atom. The van der Waals surface area contributed by atoms with Gasteiger partial charge in [-0.1, -0.05) is 102 Å². The molecule has 3 aliphatic rings. The molecule has 16 heteroatoms. The van der Waals surface area contributed by atoms with Crippen molar-refractivity contribution in [2.24, 2.45) is 17.8 Å². The highest BCUT2D eigenvalue weighted by Gasteiger charge is 2.68. The number of aromatic amines is 2. The molecule has 14 nitrogen and oxygen atoms in total. The van der Waals surface area contributed by atoms with Crippen LogP contribution in [0.3, 0.4) is 0 Å². The zero-order chi connectivity index (χ0) is 42.7. The summed E-state index contributed by atoms with van der Waals surface area (Å²) in [7, 11) is -5.32. The van der Waals surface area contributed by atoms with Gasteiger partial charge in [0, 0.05) is 48.8 Å². The van der Waals surface area contributed by atoms with Gasteiger partial charge in [0.25, 0.3) is 19.4 Å². The molecule has 59 heavy (non-hydrogen) atoms. The Bertz CT molecular complexity index is 2360. The number of aryl methyl sites for hydroxylation is 1. The highest BCUT2D eigenvalue weighted by molar-refractivity contribution is 6.99. The molecule has 3 N–H and O–H groups in total. The molecule has 316 valence electrons. The third-order valence-corrected chi connectivity index (χ3v) is 22.4. The van der Waals surface area contributed by atoms with Crippen LogP contribution in [-0.2, 0) is 23.1 Å². The van der Waals surface area contributed by atoms with E-state index in [4.69, 9.17) is 18.3 Å². The van der Waals surface area contributed by atoms with Crippen LogP contribution >= 0.6 is 0 Å². The number of carbonyl (C=O) groups is 1. The van der Waals surface area contributed by atoms with Crippen LogP contribution in [0.4, 0.5) is 0 Å². The molecule has 8 atom stereocenters. The fourth-order valence-corrected chi connectivity index (χ4v) is 14.7. The van der Waals surface area contributed by atoms with Gasteiger partial charge in [0.1, 0.15) is 18.6 Å². The molecule has 3 fully saturated rings. The van der Waals surface area contributed by atoms with Crippen molar-refractivity contribution in [1.29, 1.82) is 0 Å². The number of fused-ring (bicyclic) bond motifs is 1. The van der Waals surface area contributed by atoms with Crippen molar-refractivity contribution < 1.29 is 23.1 Å². The zero-order valence-electron chi connectivity index (χ0n) is 35.3. The van der Waals surface area contributed by atoms with Crippen LogP contribution in [0.15, 0.2) is 98.3 Å². The first-order chi connectivity index (χ1) is 27.7. The number of benzene rings is 2. The first-order valence-corrected chi connectivity index (χ1v) is 25.2. The van der Waals surface area contributed by atoms with Gasteiger partial charge in [-0.2, -0.15) is 0 Å². The average molecular weight is 844 g/mol. The van der Waals surface area contributed by atoms with Gasteiger partial charge in [-0.3, -0.25) is 33.5 Å². The van der Waals surface area contributed by atoms with E-state index in [1.165, 1.54) is 27.6 Å². The van der Waals surface area contributed by atoms with Crippen molar-refractivity contribution in [3.05, 3.63) is 126 Å². The minimum Gasteiger partial charge on any atom is -0.411 e. The maximum Gasteiger partial charge on any atom is 0.330 e. The van der Waals surface area contributed by atoms with Crippen molar-refractivity contribution in [2.45, 2.75) is 109 Å². The smallest absolute Gasteiger partial charge is 0.330 e. The topological polar surface area (TPSA) is 176 Å². The number of H-pyrrole nitrogens is 2. The van der Waals surface area contributed by atoms with Crippen molar-refractivity contribution in [3.8, 4) is 0 Å². The predicted molar refractivity (Wildman–Crippen MR) is 229 cm³/mol. The summed E-state index contributed by atoms with van der Waals surface area (Å²) in [6.45, 7) is 19.2. The Balaban J connectivity index is 1.16. The molecule has 1 aliphatic carbocycles. The molecular weight excluding hydrogens is 787 g/mol. The summed E-state index contributed by atoms with van der Waals surface area (Å²) in [5, 5.41) is 4.93. The van der Waals surface area contributed by atoms with E-state index in [9.17, 15) is 24.0 Å². The summed E-state index contributed by atoms with van der Waals surface area (Å²) >= 11 is 0. The molecule has 1 amide bonds. The molecule has 4 heterocycles. The maximum absolute atomic E-state index is 14.4. The summed E-state index contributed by atoms with van der Waals surface area (Å²) in [6.07, 6.45) is 0.139. The third kappa shape index (κ3) is 8.10. The Labute approximate surface area is 345 Å². The molecule has 0 radical (unpaired) electrons. The Kier molecular flexibility index (Phi) is 11.5. The van der Waals surface area contributed by atoms with Gasteiger partial charge in [-0.25, -0.2) is 9.59 Å². The molecule has 2 saturated heterocycles. The van der Waals surface area contributed by atoms with Gasteiger partial charge in [0.05, 0.1) is 24.7 Å². The Hall–Kier alpha value is -4.46. The first kappa shape index (κ1) is 42.7. The molecule has 0 unspecified atom stereocenters. The summed E-state index contributed by atoms with van der Waals surface area (Å²) in [4.78, 5) is 69.4. The second-order valence-corrected chi connectivity index (χ2v) is 27.8. The number of aromatic nitrogens is 4. The second-order valence-electron chi connectivity index (χ2n) is 18.7. The Morgan fingerprint density at radius 2 is 1.42 bits per heavy atom. The van der Waals surface area contributed by atoms with Gasteiger partial charge in [0.2, 0.25) is 5.91 Å². The number of amides is 1. The van der Waals surface area contributed by atoms with Gasteiger partial charge < -0.3 is 23.6 Å². The SMILES string of the molecule is Cc1cn([C@H]2C[C@H](O[Si](C)(C)C(C)(C)C)[C@@H](CNC(=O)[C@@H]3[C@@H]4[C@H]3[C@@H](CO[Si](c3ccccc3)(c3ccccc3)C(C)(C)C)O[C@H]4n3ccc(=O)[nH]c3=O)O2)c(=O)[nH]c1=O. The number of ether oxygens (including phenoxy) is 2. The number of hydrogen-bond acceptors (Lipinski definition) is 9. The molecule has 7 rings (SSSR count). The van der Waals surface area contributed by atoms with E-state index < -0.39 is 75.8 Å². The van der Waals surface area contributed by atoms with E-state index in [-0.39, 0.29) is 41.0 Å². The van der Waals surface area contributed by atoms with Gasteiger partial charge >= 0.3 is 11.4 Å². The minimum absolute atomic E-state index is 0.106. The fraction of sp³-hybridized carbons (Fsp3) is 0.512. The van der Waals surface area contributed by atoms with Gasteiger partial charge in [-0.15, -0.1) is 0 Å². The molecule has 0 bridgehead atoms. The largest absolute Gasteiger partial charge is 0.411 e. The normalized spacial score (nSPS) is 25.8. The summed E-state index contributed by atoms with van der Waals surface area (Å²) in [5.74, 6) is -1.40. The molecule has 2 aliphatic heterocycles. The second kappa shape index (κ2) is 15.9. The number of carbonyl (C=O) groups excluding carboxylic acids is 1. The molecular formula is C43H57N5O9Si2. The van der Waals surface area contributed by atoms with Crippen LogP contribution in [0.1, 0.15) is 66.0 Å². The van der Waals surface area contributed by atoms with Crippen LogP contribution in [0.2, 0.25) is 23.2 Å². The molecule has 1 saturated carbocycles. The number of rotatable bonds is 12. The number of nitrogens with zero attached hydrogens (tertiary/aromatic N) is 2. The summed E-state index contributed by atoms with van der Waals surface area (Å²) < 4.78 is 30.0. The van der Waals surface area contributed by atoms with Gasteiger partial charge in [-0.05, 0) is 40.5 Å². The lowest BCUT2D eigenvalue weighted by molar-refractivity contribution is -0.128. The van der Waals surface area contributed by atoms with Crippen LogP contribution in [0.25, 0.3) is 0 Å². The lowest BCUT2D eigenvalue weighted by Crippen LogP contribution is -2.67. The van der Waals surface area contributed by atoms with Crippen LogP contribution < -0.4 is 38.2 Å². The molecule has 0 spiro atoms. The predicted octanol–water partition coefficient (Wildman–Crippen LogP) is 3.53. The monoisotopic (exact) mass is 843 g/mol. The highest BCUT2D eigenvalue weighted by atomic mass is 28.4. The number of hydrogen-bond donors (Lipinski definition) is 3. The third-order valence-electron chi connectivity index (χ3n) is 12.9. The van der Waals surface area contributed by atoms with E-state index in [0.29, 0.717) is 12.0 Å². The quantitative estimate of drug-likeness (QED) is 0.180. The lowest BCUT2D eigenvalue weighted by atomic mass is 10.1. The molecule has 2 aromatic carbocycles. The lowest BCUT2D eigenvalue weighted by Gasteiger charge is -2.43. The fourth-order valence-electron chi connectivity index (χ4n) is 8.77. The van der Waals surface area contributed by atoms with Crippen molar-refractivity contribution in [2.75, 3.05) is 13.2 Å². The zero-order valence-corrected chi connectivity index (χ0v) is 37.3. The van der Waals surface area contributed by atoms with Gasteiger partial charge in [0.15, 0.2) is 8.32 Å². The van der Waals surface area contributed by atoms with E-state index in [2.05, 4.69) is 94.2 Å². The van der Waals surface area contributed by atoms with Crippen molar-refractivity contribution in [1.82, 2.24) is 24.4 Å². The number of nitrogens with one attached hydrogen (secondary N) is 3. The van der Waals surface area contributed by atoms with E-state index in [0.717, 1.165) is 10.4 Å². The van der Waals surface area contributed by atoms with Crippen LogP contribution in [-0.4, -0.2) is 73.1 Å². The van der Waals surface area contributed by atoms with E-state index >= 15 is 0 Å².